The van der Waals surface area contributed by atoms with Gasteiger partial charge in [0, 0.05) is 56.6 Å². The molecule has 3 aliphatic rings. The zero-order chi connectivity index (χ0) is 37.5. The first kappa shape index (κ1) is 31.8. The van der Waals surface area contributed by atoms with E-state index in [-0.39, 0.29) is 10.8 Å². The molecule has 0 radical (unpaired) electrons. The predicted molar refractivity (Wildman–Crippen MR) is 230 cm³/mol. The van der Waals surface area contributed by atoms with Gasteiger partial charge in [-0.25, -0.2) is 9.97 Å². The highest BCUT2D eigenvalue weighted by molar-refractivity contribution is 6.17. The number of para-hydroxylation sites is 2. The van der Waals surface area contributed by atoms with Crippen molar-refractivity contribution in [3.05, 3.63) is 185 Å². The normalized spacial score (nSPS) is 19.9. The molecule has 12 rings (SSSR count). The first-order valence-corrected chi connectivity index (χ1v) is 19.9. The van der Waals surface area contributed by atoms with Crippen molar-refractivity contribution >= 4 is 38.8 Å². The monoisotopic (exact) mass is 720 g/mol. The van der Waals surface area contributed by atoms with Crippen molar-refractivity contribution in [3.8, 4) is 33.9 Å². The van der Waals surface area contributed by atoms with E-state index >= 15 is 0 Å². The third-order valence-electron chi connectivity index (χ3n) is 13.9. The molecule has 3 aliphatic carbocycles. The van der Waals surface area contributed by atoms with Crippen molar-refractivity contribution in [2.45, 2.75) is 50.4 Å². The van der Waals surface area contributed by atoms with E-state index in [1.54, 1.807) is 0 Å². The van der Waals surface area contributed by atoms with Crippen molar-refractivity contribution in [1.82, 2.24) is 19.1 Å². The summed E-state index contributed by atoms with van der Waals surface area (Å²) in [5.74, 6) is 1.38. The molecule has 0 N–H and O–H groups in total. The molecule has 268 valence electrons. The lowest BCUT2D eigenvalue weighted by Crippen LogP contribution is -2.32. The highest BCUT2D eigenvalue weighted by Crippen LogP contribution is 2.61. The van der Waals surface area contributed by atoms with Gasteiger partial charge in [-0.1, -0.05) is 131 Å². The van der Waals surface area contributed by atoms with Gasteiger partial charge in [-0.2, -0.15) is 0 Å². The summed E-state index contributed by atoms with van der Waals surface area (Å²) in [7, 11) is 0. The van der Waals surface area contributed by atoms with Gasteiger partial charge >= 0.3 is 0 Å². The maximum absolute atomic E-state index is 5.19. The molecule has 3 heterocycles. The molecule has 6 aromatic carbocycles. The average Bonchev–Trinajstić information content (AvgIpc) is 3.90. The van der Waals surface area contributed by atoms with Gasteiger partial charge in [0.15, 0.2) is 0 Å². The van der Waals surface area contributed by atoms with Gasteiger partial charge in [-0.15, -0.1) is 0 Å². The summed E-state index contributed by atoms with van der Waals surface area (Å²) in [6.45, 7) is 9.59. The smallest absolute Gasteiger partial charge is 0.234 e. The number of hydrogen-bond donors (Lipinski definition) is 0. The van der Waals surface area contributed by atoms with Crippen LogP contribution in [-0.4, -0.2) is 19.1 Å². The van der Waals surface area contributed by atoms with Crippen molar-refractivity contribution < 1.29 is 0 Å². The van der Waals surface area contributed by atoms with Gasteiger partial charge in [0.1, 0.15) is 0 Å². The van der Waals surface area contributed by atoms with E-state index in [1.165, 1.54) is 71.8 Å². The average molecular weight is 721 g/mol. The van der Waals surface area contributed by atoms with E-state index in [4.69, 9.17) is 9.97 Å². The van der Waals surface area contributed by atoms with Crippen LogP contribution in [0.5, 0.6) is 0 Å². The number of nitrogens with zero attached hydrogens (tertiary/aromatic N) is 4. The van der Waals surface area contributed by atoms with Gasteiger partial charge in [0.25, 0.3) is 0 Å². The van der Waals surface area contributed by atoms with Gasteiger partial charge in [0.2, 0.25) is 5.95 Å². The number of benzene rings is 6. The van der Waals surface area contributed by atoms with Gasteiger partial charge < -0.3 is 4.57 Å². The maximum Gasteiger partial charge on any atom is 0.234 e. The third-order valence-corrected chi connectivity index (χ3v) is 13.9. The Kier molecular flexibility index (Phi) is 6.27. The Hall–Kier alpha value is -6.52. The Morgan fingerprint density at radius 1 is 0.571 bits per heavy atom. The lowest BCUT2D eigenvalue weighted by Gasteiger charge is -2.38. The van der Waals surface area contributed by atoms with E-state index in [9.17, 15) is 0 Å². The summed E-state index contributed by atoms with van der Waals surface area (Å²) in [4.78, 5) is 10.4. The maximum atomic E-state index is 5.19. The van der Waals surface area contributed by atoms with E-state index in [0.29, 0.717) is 17.8 Å². The summed E-state index contributed by atoms with van der Waals surface area (Å²) < 4.78 is 4.72. The van der Waals surface area contributed by atoms with Gasteiger partial charge in [-0.05, 0) is 92.9 Å². The molecule has 0 saturated heterocycles. The standard InChI is InChI=1S/C52H40N4/c1-31-34-17-8-9-18-36(34)42-25-26-46-49(52(31,42)4)38-20-11-13-23-44(38)56(46)50-53-29-32(30-54-50)35-21-14-24-45-48(35)40-27-39-37-19-10-12-22-41(37)51(2,3)43(39)28-47(40)55(45)33-15-6-5-7-16-33/h5-31,42H,1-4H3. The van der Waals surface area contributed by atoms with Crippen LogP contribution in [-0.2, 0) is 10.8 Å². The van der Waals surface area contributed by atoms with Gasteiger partial charge in [0.05, 0.1) is 22.2 Å². The first-order valence-electron chi connectivity index (χ1n) is 19.9. The molecule has 0 fully saturated rings. The van der Waals surface area contributed by atoms with Crippen LogP contribution in [0.3, 0.4) is 0 Å². The number of rotatable bonds is 3. The molecule has 4 nitrogen and oxygen atoms in total. The molecule has 0 bridgehead atoms. The van der Waals surface area contributed by atoms with Crippen LogP contribution in [0.1, 0.15) is 73.0 Å². The lowest BCUT2D eigenvalue weighted by atomic mass is 9.64. The highest BCUT2D eigenvalue weighted by Gasteiger charge is 2.52. The van der Waals surface area contributed by atoms with Gasteiger partial charge in [-0.3, -0.25) is 4.57 Å². The zero-order valence-corrected chi connectivity index (χ0v) is 32.0. The van der Waals surface area contributed by atoms with Crippen molar-refractivity contribution in [2.75, 3.05) is 0 Å². The highest BCUT2D eigenvalue weighted by atomic mass is 15.2. The Balaban J connectivity index is 1.05. The molecule has 3 aromatic heterocycles. The molecule has 3 unspecified atom stereocenters. The molecule has 56 heavy (non-hydrogen) atoms. The fraction of sp³-hybridized carbons (Fsp3) is 0.154. The summed E-state index contributed by atoms with van der Waals surface area (Å²) in [6, 6.07) is 49.1. The Morgan fingerprint density at radius 2 is 1.27 bits per heavy atom. The molecular weight excluding hydrogens is 681 g/mol. The Labute approximate surface area is 326 Å². The summed E-state index contributed by atoms with van der Waals surface area (Å²) in [5, 5.41) is 3.73. The summed E-state index contributed by atoms with van der Waals surface area (Å²) in [5.41, 5.74) is 17.5. The minimum atomic E-state index is -0.0975. The Morgan fingerprint density at radius 3 is 2.11 bits per heavy atom. The van der Waals surface area contributed by atoms with Crippen LogP contribution in [0.2, 0.25) is 0 Å². The zero-order valence-electron chi connectivity index (χ0n) is 32.0. The molecule has 0 amide bonds. The van der Waals surface area contributed by atoms with Crippen molar-refractivity contribution in [1.29, 1.82) is 0 Å². The third kappa shape index (κ3) is 3.93. The molecule has 0 aliphatic heterocycles. The van der Waals surface area contributed by atoms with Crippen molar-refractivity contribution in [3.63, 3.8) is 0 Å². The Bertz CT molecular complexity index is 3140. The topological polar surface area (TPSA) is 35.6 Å². The van der Waals surface area contributed by atoms with E-state index in [2.05, 4.69) is 182 Å². The second kappa shape index (κ2) is 11.0. The molecule has 0 saturated carbocycles. The lowest BCUT2D eigenvalue weighted by molar-refractivity contribution is 0.394. The number of fused-ring (bicyclic) bond motifs is 13. The van der Waals surface area contributed by atoms with Crippen LogP contribution >= 0.6 is 0 Å². The molecule has 9 aromatic rings. The van der Waals surface area contributed by atoms with Crippen molar-refractivity contribution in [2.24, 2.45) is 0 Å². The van der Waals surface area contributed by atoms with Crippen LogP contribution in [0, 0.1) is 0 Å². The fourth-order valence-corrected chi connectivity index (χ4v) is 11.1. The number of aromatic nitrogens is 4. The second-order valence-electron chi connectivity index (χ2n) is 16.8. The molecular formula is C52H40N4. The van der Waals surface area contributed by atoms with E-state index in [0.717, 1.165) is 22.3 Å². The summed E-state index contributed by atoms with van der Waals surface area (Å²) >= 11 is 0. The van der Waals surface area contributed by atoms with Crippen LogP contribution in [0.15, 0.2) is 152 Å². The van der Waals surface area contributed by atoms with E-state index < -0.39 is 0 Å². The van der Waals surface area contributed by atoms with Crippen LogP contribution < -0.4 is 0 Å². The molecule has 0 spiro atoms. The largest absolute Gasteiger partial charge is 0.309 e. The summed E-state index contributed by atoms with van der Waals surface area (Å²) in [6.07, 6.45) is 8.81. The second-order valence-corrected chi connectivity index (χ2v) is 16.8. The molecule has 4 heteroatoms. The first-order chi connectivity index (χ1) is 27.4. The fourth-order valence-electron chi connectivity index (χ4n) is 11.1. The number of hydrogen-bond acceptors (Lipinski definition) is 2. The number of allylic oxidation sites excluding steroid dienone is 1. The quantitative estimate of drug-likeness (QED) is 0.182. The minimum Gasteiger partial charge on any atom is -0.309 e. The van der Waals surface area contributed by atoms with Crippen LogP contribution in [0.4, 0.5) is 0 Å². The minimum absolute atomic E-state index is 0.0862. The SMILES string of the molecule is CC1c2ccccc2C2C=Cc3c(c4ccccc4n3-c3ncc(-c4cccc5c4c4cc6c(cc4n5-c4ccccc4)C(C)(C)c4ccccc4-6)cn3)C12C. The van der Waals surface area contributed by atoms with E-state index in [1.807, 2.05) is 12.4 Å². The molecule has 3 atom stereocenters. The predicted octanol–water partition coefficient (Wildman–Crippen LogP) is 12.7. The van der Waals surface area contributed by atoms with Crippen LogP contribution in [0.25, 0.3) is 72.7 Å².